The van der Waals surface area contributed by atoms with E-state index in [0.29, 0.717) is 41.5 Å². The maximum atomic E-state index is 15.9. The van der Waals surface area contributed by atoms with Crippen molar-refractivity contribution in [2.24, 2.45) is 5.92 Å². The van der Waals surface area contributed by atoms with Crippen LogP contribution in [0.3, 0.4) is 0 Å². The number of carbonyl (C=O) groups excluding carboxylic acids is 1. The van der Waals surface area contributed by atoms with Gasteiger partial charge >= 0.3 is 6.03 Å². The number of H-pyrrole nitrogens is 1. The minimum absolute atomic E-state index is 0.166. The summed E-state index contributed by atoms with van der Waals surface area (Å²) in [6.45, 7) is 6.86. The first-order valence-corrected chi connectivity index (χ1v) is 12.0. The average Bonchev–Trinajstić information content (AvgIpc) is 3.25. The number of nitrogens with one attached hydrogen (secondary N) is 1. The number of halogens is 1. The van der Waals surface area contributed by atoms with Crippen LogP contribution >= 0.6 is 0 Å². The lowest BCUT2D eigenvalue weighted by Crippen LogP contribution is -2.39. The maximum Gasteiger partial charge on any atom is 0.326 e. The molecule has 4 rings (SSSR count). The third kappa shape index (κ3) is 4.45. The molecule has 1 aliphatic carbocycles. The number of carbonyl (C=O) groups is 1. The molecule has 1 atom stereocenters. The van der Waals surface area contributed by atoms with Crippen molar-refractivity contribution in [2.75, 3.05) is 25.5 Å². The van der Waals surface area contributed by atoms with Gasteiger partial charge in [0.2, 0.25) is 5.95 Å². The summed E-state index contributed by atoms with van der Waals surface area (Å²) in [7, 11) is 3.43. The van der Waals surface area contributed by atoms with Crippen LogP contribution < -0.4 is 4.90 Å². The number of hydrogen-bond acceptors (Lipinski definition) is 3. The molecule has 33 heavy (non-hydrogen) atoms. The molecule has 2 heterocycles. The van der Waals surface area contributed by atoms with Gasteiger partial charge < -0.3 is 9.88 Å². The molecule has 0 spiro atoms. The first-order valence-electron chi connectivity index (χ1n) is 12.0. The Morgan fingerprint density at radius 2 is 2.06 bits per heavy atom. The quantitative estimate of drug-likeness (QED) is 0.520. The number of hydrogen-bond donors (Lipinski definition) is 1. The van der Waals surface area contributed by atoms with Crippen molar-refractivity contribution >= 4 is 23.0 Å². The highest BCUT2D eigenvalue weighted by Crippen LogP contribution is 2.34. The van der Waals surface area contributed by atoms with E-state index < -0.39 is 0 Å². The number of pyridine rings is 1. The fraction of sp³-hybridized carbons (Fsp3) is 0.500. The third-order valence-corrected chi connectivity index (χ3v) is 6.80. The van der Waals surface area contributed by atoms with Crippen molar-refractivity contribution in [3.63, 3.8) is 0 Å². The van der Waals surface area contributed by atoms with Crippen LogP contribution in [0.5, 0.6) is 0 Å². The maximum absolute atomic E-state index is 15.9. The van der Waals surface area contributed by atoms with Crippen LogP contribution in [0.15, 0.2) is 18.3 Å². The molecule has 7 heteroatoms. The molecule has 1 unspecified atom stereocenters. The molecule has 6 nitrogen and oxygen atoms in total. The minimum atomic E-state index is -0.236. The van der Waals surface area contributed by atoms with Crippen LogP contribution in [0, 0.1) is 11.7 Å². The van der Waals surface area contributed by atoms with Crippen LogP contribution in [0.25, 0.3) is 22.2 Å². The molecular formula is C26H34FN5O. The molecule has 0 saturated carbocycles. The largest absolute Gasteiger partial charge is 0.328 e. The summed E-state index contributed by atoms with van der Waals surface area (Å²) in [5.74, 6) is 0.821. The van der Waals surface area contributed by atoms with Crippen LogP contribution in [0.2, 0.25) is 0 Å². The average molecular weight is 452 g/mol. The van der Waals surface area contributed by atoms with Gasteiger partial charge in [-0.3, -0.25) is 9.88 Å². The van der Waals surface area contributed by atoms with Crippen LogP contribution in [0.4, 0.5) is 15.1 Å². The number of aryl methyl sites for hydroxylation is 2. The van der Waals surface area contributed by atoms with E-state index in [9.17, 15) is 4.79 Å². The zero-order valence-corrected chi connectivity index (χ0v) is 20.3. The topological polar surface area (TPSA) is 65.1 Å². The highest BCUT2D eigenvalue weighted by molar-refractivity contribution is 5.93. The number of urea groups is 1. The Morgan fingerprint density at radius 1 is 1.27 bits per heavy atom. The van der Waals surface area contributed by atoms with E-state index in [1.807, 2.05) is 13.0 Å². The van der Waals surface area contributed by atoms with E-state index in [0.717, 1.165) is 48.9 Å². The van der Waals surface area contributed by atoms with Crippen molar-refractivity contribution in [1.82, 2.24) is 19.9 Å². The second-order valence-electron chi connectivity index (χ2n) is 9.31. The number of benzene rings is 1. The van der Waals surface area contributed by atoms with Crippen molar-refractivity contribution in [3.05, 3.63) is 41.0 Å². The van der Waals surface area contributed by atoms with Gasteiger partial charge in [0.15, 0.2) is 0 Å². The molecule has 0 aliphatic heterocycles. The van der Waals surface area contributed by atoms with Crippen molar-refractivity contribution < 1.29 is 9.18 Å². The number of rotatable bonds is 6. The third-order valence-electron chi connectivity index (χ3n) is 6.80. The monoisotopic (exact) mass is 451 g/mol. The number of nitrogens with zero attached hydrogens (tertiary/aromatic N) is 4. The van der Waals surface area contributed by atoms with Crippen molar-refractivity contribution in [3.8, 4) is 11.1 Å². The Morgan fingerprint density at radius 3 is 2.79 bits per heavy atom. The van der Waals surface area contributed by atoms with E-state index in [4.69, 9.17) is 4.98 Å². The number of anilines is 1. The molecule has 0 radical (unpaired) electrons. The molecule has 3 aromatic rings. The summed E-state index contributed by atoms with van der Waals surface area (Å²) in [6.07, 6.45) is 7.32. The highest BCUT2D eigenvalue weighted by atomic mass is 19.1. The van der Waals surface area contributed by atoms with Gasteiger partial charge in [0.05, 0.1) is 11.0 Å². The summed E-state index contributed by atoms with van der Waals surface area (Å²) in [5, 5.41) is 0. The van der Waals surface area contributed by atoms with E-state index in [1.165, 1.54) is 10.5 Å². The summed E-state index contributed by atoms with van der Waals surface area (Å²) in [4.78, 5) is 28.3. The van der Waals surface area contributed by atoms with E-state index >= 15 is 4.39 Å². The first-order chi connectivity index (χ1) is 15.8. The van der Waals surface area contributed by atoms with Crippen molar-refractivity contribution in [1.29, 1.82) is 0 Å². The highest BCUT2D eigenvalue weighted by Gasteiger charge is 2.23. The van der Waals surface area contributed by atoms with E-state index in [-0.39, 0.29) is 11.8 Å². The van der Waals surface area contributed by atoms with E-state index in [2.05, 4.69) is 29.9 Å². The zero-order chi connectivity index (χ0) is 23.7. The van der Waals surface area contributed by atoms with Gasteiger partial charge in [0.25, 0.3) is 0 Å². The number of aromatic nitrogens is 3. The predicted octanol–water partition coefficient (Wildman–Crippen LogP) is 5.74. The van der Waals surface area contributed by atoms with Gasteiger partial charge in [-0.2, -0.15) is 0 Å². The van der Waals surface area contributed by atoms with Gasteiger partial charge in [-0.15, -0.1) is 0 Å². The van der Waals surface area contributed by atoms with E-state index in [1.54, 1.807) is 25.2 Å². The van der Waals surface area contributed by atoms with Crippen LogP contribution in [0.1, 0.15) is 56.9 Å². The Labute approximate surface area is 195 Å². The van der Waals surface area contributed by atoms with Gasteiger partial charge in [-0.1, -0.05) is 20.3 Å². The zero-order valence-electron chi connectivity index (χ0n) is 20.3. The fourth-order valence-corrected chi connectivity index (χ4v) is 4.54. The molecule has 1 aliphatic rings. The second kappa shape index (κ2) is 9.49. The number of fused-ring (bicyclic) bond motifs is 2. The number of unbranched alkanes of at least 4 members (excludes halogenated alkanes) is 1. The van der Waals surface area contributed by atoms with Crippen LogP contribution in [-0.4, -0.2) is 46.5 Å². The summed E-state index contributed by atoms with van der Waals surface area (Å²) in [6, 6.07) is 3.75. The number of aromatic amines is 1. The second-order valence-corrected chi connectivity index (χ2v) is 9.31. The molecular weight excluding hydrogens is 417 g/mol. The molecule has 176 valence electrons. The molecule has 2 aromatic heterocycles. The fourth-order valence-electron chi connectivity index (χ4n) is 4.54. The molecule has 0 fully saturated rings. The lowest BCUT2D eigenvalue weighted by Gasteiger charge is -2.21. The molecule has 1 aromatic carbocycles. The molecule has 0 bridgehead atoms. The summed E-state index contributed by atoms with van der Waals surface area (Å²) in [5.41, 5.74) is 5.62. The van der Waals surface area contributed by atoms with Crippen molar-refractivity contribution in [2.45, 2.75) is 59.3 Å². The number of imidazole rings is 1. The van der Waals surface area contributed by atoms with Crippen LogP contribution in [-0.2, 0) is 19.3 Å². The van der Waals surface area contributed by atoms with Gasteiger partial charge in [-0.05, 0) is 62.6 Å². The Balaban J connectivity index is 1.81. The Bertz CT molecular complexity index is 1170. The Kier molecular flexibility index (Phi) is 6.68. The predicted molar refractivity (Wildman–Crippen MR) is 131 cm³/mol. The lowest BCUT2D eigenvalue weighted by atomic mass is 9.87. The summed E-state index contributed by atoms with van der Waals surface area (Å²) < 4.78 is 15.9. The SMILES string of the molecule is CCCCc1c(F)c(-c2cnc3c(c2)CCC(C)C3)cc2[nH]c(N(C)C(=O)N(C)CC)nc12. The molecule has 1 N–H and O–H groups in total. The normalized spacial score (nSPS) is 15.5. The van der Waals surface area contributed by atoms with Gasteiger partial charge in [0, 0.05) is 49.2 Å². The Hall–Kier alpha value is -2.96. The molecule has 0 saturated heterocycles. The minimum Gasteiger partial charge on any atom is -0.328 e. The first kappa shape index (κ1) is 23.2. The lowest BCUT2D eigenvalue weighted by molar-refractivity contribution is 0.219. The van der Waals surface area contributed by atoms with Gasteiger partial charge in [0.1, 0.15) is 5.82 Å². The van der Waals surface area contributed by atoms with Gasteiger partial charge in [-0.25, -0.2) is 14.2 Å². The summed E-state index contributed by atoms with van der Waals surface area (Å²) >= 11 is 0. The smallest absolute Gasteiger partial charge is 0.326 e. The number of amides is 2. The standard InChI is InChI=1S/C26H34FN5O/c1-6-8-9-19-23(27)20(18-13-17-11-10-16(3)12-21(17)28-15-18)14-22-24(19)30-25(29-22)32(5)26(33)31(4)7-2/h13-16H,6-12H2,1-5H3,(H,29,30). The molecule has 2 amide bonds.